The molecular formula is C27H28N2O5. The zero-order valence-electron chi connectivity index (χ0n) is 19.5. The van der Waals surface area contributed by atoms with Gasteiger partial charge in [-0.25, -0.2) is 9.59 Å². The summed E-state index contributed by atoms with van der Waals surface area (Å²) in [6.07, 6.45) is 0. The Balaban J connectivity index is 1.84. The Hall–Kier alpha value is -3.84. The molecule has 1 atom stereocenters. The second-order valence-electron chi connectivity index (χ2n) is 7.98. The predicted octanol–water partition coefficient (Wildman–Crippen LogP) is 4.58. The van der Waals surface area contributed by atoms with Crippen LogP contribution in [0, 0.1) is 0 Å². The van der Waals surface area contributed by atoms with Crippen molar-refractivity contribution >= 4 is 22.8 Å². The second kappa shape index (κ2) is 10.4. The molecule has 0 bridgehead atoms. The van der Waals surface area contributed by atoms with Crippen LogP contribution in [0.25, 0.3) is 10.8 Å². The van der Waals surface area contributed by atoms with E-state index in [9.17, 15) is 9.59 Å². The fourth-order valence-electron chi connectivity index (χ4n) is 4.27. The summed E-state index contributed by atoms with van der Waals surface area (Å²) in [5.41, 5.74) is 2.56. The number of rotatable bonds is 8. The van der Waals surface area contributed by atoms with Gasteiger partial charge in [0.15, 0.2) is 0 Å². The first-order valence-electron chi connectivity index (χ1n) is 11.1. The van der Waals surface area contributed by atoms with Crippen molar-refractivity contribution in [1.29, 1.82) is 0 Å². The van der Waals surface area contributed by atoms with E-state index in [4.69, 9.17) is 14.2 Å². The molecule has 1 aliphatic rings. The minimum Gasteiger partial charge on any atom is -0.496 e. The largest absolute Gasteiger partial charge is 0.496 e. The molecule has 176 valence electrons. The highest BCUT2D eigenvalue weighted by molar-refractivity contribution is 5.98. The molecule has 0 aromatic heterocycles. The SMILES string of the molecule is COCCOC(=O)C1=C(C)N(Cc2ccccc2)C(=O)N[C@@H]1c1c(OC)ccc2ccccc12. The molecule has 1 N–H and O–H groups in total. The molecule has 1 aliphatic heterocycles. The van der Waals surface area contributed by atoms with Crippen molar-refractivity contribution in [3.8, 4) is 5.75 Å². The van der Waals surface area contributed by atoms with Crippen molar-refractivity contribution in [1.82, 2.24) is 10.2 Å². The molecule has 4 rings (SSSR count). The van der Waals surface area contributed by atoms with Gasteiger partial charge in [0, 0.05) is 18.4 Å². The molecular weight excluding hydrogens is 432 g/mol. The first kappa shape index (κ1) is 23.3. The van der Waals surface area contributed by atoms with Gasteiger partial charge in [0.1, 0.15) is 12.4 Å². The lowest BCUT2D eigenvalue weighted by Gasteiger charge is -2.36. The Morgan fingerprint density at radius 2 is 1.71 bits per heavy atom. The molecule has 7 nitrogen and oxygen atoms in total. The molecule has 0 fully saturated rings. The van der Waals surface area contributed by atoms with Crippen LogP contribution in [-0.2, 0) is 20.8 Å². The fraction of sp³-hybridized carbons (Fsp3) is 0.259. The lowest BCUT2D eigenvalue weighted by atomic mass is 9.90. The van der Waals surface area contributed by atoms with Crippen molar-refractivity contribution in [3.05, 3.63) is 89.1 Å². The van der Waals surface area contributed by atoms with E-state index in [1.165, 1.54) is 0 Å². The minimum atomic E-state index is -0.740. The first-order valence-corrected chi connectivity index (χ1v) is 11.1. The molecule has 34 heavy (non-hydrogen) atoms. The monoisotopic (exact) mass is 460 g/mol. The molecule has 0 aliphatic carbocycles. The van der Waals surface area contributed by atoms with Crippen LogP contribution in [0.5, 0.6) is 5.75 Å². The third-order valence-electron chi connectivity index (χ3n) is 5.96. The molecule has 0 saturated heterocycles. The number of carbonyl (C=O) groups excluding carboxylic acids is 2. The highest BCUT2D eigenvalue weighted by Gasteiger charge is 2.38. The highest BCUT2D eigenvalue weighted by atomic mass is 16.6. The second-order valence-corrected chi connectivity index (χ2v) is 7.98. The van der Waals surface area contributed by atoms with Crippen LogP contribution in [-0.4, -0.2) is 44.3 Å². The molecule has 2 amide bonds. The summed E-state index contributed by atoms with van der Waals surface area (Å²) < 4.78 is 16.2. The van der Waals surface area contributed by atoms with Crippen LogP contribution in [0.4, 0.5) is 4.79 Å². The van der Waals surface area contributed by atoms with E-state index in [1.54, 1.807) is 26.0 Å². The smallest absolute Gasteiger partial charge is 0.338 e. The molecule has 0 radical (unpaired) electrons. The van der Waals surface area contributed by atoms with E-state index in [-0.39, 0.29) is 19.2 Å². The average Bonchev–Trinajstić information content (AvgIpc) is 2.86. The molecule has 1 heterocycles. The Bertz CT molecular complexity index is 1220. The van der Waals surface area contributed by atoms with Crippen molar-refractivity contribution in [2.45, 2.75) is 19.5 Å². The van der Waals surface area contributed by atoms with Gasteiger partial charge in [-0.3, -0.25) is 4.90 Å². The first-order chi connectivity index (χ1) is 16.5. The number of allylic oxidation sites excluding steroid dienone is 1. The van der Waals surface area contributed by atoms with Crippen molar-refractivity contribution in [2.75, 3.05) is 27.4 Å². The van der Waals surface area contributed by atoms with Gasteiger partial charge in [0.25, 0.3) is 0 Å². The van der Waals surface area contributed by atoms with E-state index in [2.05, 4.69) is 5.32 Å². The number of urea groups is 1. The average molecular weight is 461 g/mol. The van der Waals surface area contributed by atoms with E-state index in [1.807, 2.05) is 66.7 Å². The van der Waals surface area contributed by atoms with Crippen LogP contribution in [0.1, 0.15) is 24.1 Å². The summed E-state index contributed by atoms with van der Waals surface area (Å²) in [5.74, 6) is 0.0723. The summed E-state index contributed by atoms with van der Waals surface area (Å²) in [7, 11) is 3.12. The van der Waals surface area contributed by atoms with Gasteiger partial charge in [-0.15, -0.1) is 0 Å². The normalized spacial score (nSPS) is 15.9. The van der Waals surface area contributed by atoms with E-state index in [0.29, 0.717) is 29.1 Å². The molecule has 3 aromatic carbocycles. The third kappa shape index (κ3) is 4.61. The van der Waals surface area contributed by atoms with Gasteiger partial charge in [-0.05, 0) is 29.3 Å². The van der Waals surface area contributed by atoms with Crippen molar-refractivity contribution < 1.29 is 23.8 Å². The van der Waals surface area contributed by atoms with E-state index in [0.717, 1.165) is 16.3 Å². The topological polar surface area (TPSA) is 77.1 Å². The number of carbonyl (C=O) groups is 2. The summed E-state index contributed by atoms with van der Waals surface area (Å²) in [6.45, 7) is 2.49. The van der Waals surface area contributed by atoms with Crippen LogP contribution >= 0.6 is 0 Å². The maximum absolute atomic E-state index is 13.4. The van der Waals surface area contributed by atoms with Crippen molar-refractivity contribution in [3.63, 3.8) is 0 Å². The van der Waals surface area contributed by atoms with Crippen LogP contribution in [0.15, 0.2) is 78.0 Å². The molecule has 0 spiro atoms. The quantitative estimate of drug-likeness (QED) is 0.393. The van der Waals surface area contributed by atoms with Crippen LogP contribution < -0.4 is 10.1 Å². The van der Waals surface area contributed by atoms with Gasteiger partial charge in [0.05, 0.1) is 31.9 Å². The number of benzene rings is 3. The fourth-order valence-corrected chi connectivity index (χ4v) is 4.27. The lowest BCUT2D eigenvalue weighted by molar-refractivity contribution is -0.140. The van der Waals surface area contributed by atoms with Gasteiger partial charge >= 0.3 is 12.0 Å². The Morgan fingerprint density at radius 1 is 0.971 bits per heavy atom. The van der Waals surface area contributed by atoms with E-state index < -0.39 is 12.0 Å². The summed E-state index contributed by atoms with van der Waals surface area (Å²) in [4.78, 5) is 28.2. The molecule has 3 aromatic rings. The number of methoxy groups -OCH3 is 2. The van der Waals surface area contributed by atoms with Gasteiger partial charge < -0.3 is 19.5 Å². The Labute approximate surface area is 198 Å². The highest BCUT2D eigenvalue weighted by Crippen LogP contribution is 2.40. The van der Waals surface area contributed by atoms with Gasteiger partial charge in [-0.1, -0.05) is 60.7 Å². The zero-order chi connectivity index (χ0) is 24.1. The number of nitrogens with zero attached hydrogens (tertiary/aromatic N) is 1. The predicted molar refractivity (Wildman–Crippen MR) is 129 cm³/mol. The number of amides is 2. The standard InChI is InChI=1S/C27H28N2O5/c1-18-23(26(30)34-16-15-32-2)25(28-27(31)29(18)17-19-9-5-4-6-10-19)24-21-12-8-7-11-20(21)13-14-22(24)33-3/h4-14,25H,15-17H2,1-3H3,(H,28,31)/t25-/m0/s1. The summed E-state index contributed by atoms with van der Waals surface area (Å²) in [5, 5.41) is 4.90. The Kier molecular flexibility index (Phi) is 7.13. The van der Waals surface area contributed by atoms with Gasteiger partial charge in [0.2, 0.25) is 0 Å². The number of ether oxygens (including phenoxy) is 3. The van der Waals surface area contributed by atoms with E-state index >= 15 is 0 Å². The zero-order valence-corrected chi connectivity index (χ0v) is 19.5. The summed E-state index contributed by atoms with van der Waals surface area (Å²) in [6, 6.07) is 20.2. The number of esters is 1. The maximum Gasteiger partial charge on any atom is 0.338 e. The van der Waals surface area contributed by atoms with Crippen LogP contribution in [0.2, 0.25) is 0 Å². The van der Waals surface area contributed by atoms with Gasteiger partial charge in [-0.2, -0.15) is 0 Å². The third-order valence-corrected chi connectivity index (χ3v) is 5.96. The molecule has 0 unspecified atom stereocenters. The number of hydrogen-bond acceptors (Lipinski definition) is 5. The number of hydrogen-bond donors (Lipinski definition) is 1. The van der Waals surface area contributed by atoms with Crippen LogP contribution in [0.3, 0.4) is 0 Å². The molecule has 7 heteroatoms. The molecule has 0 saturated carbocycles. The Morgan fingerprint density at radius 3 is 2.44 bits per heavy atom. The maximum atomic E-state index is 13.4. The van der Waals surface area contributed by atoms with Crippen molar-refractivity contribution in [2.24, 2.45) is 0 Å². The number of fused-ring (bicyclic) bond motifs is 1. The number of nitrogens with one attached hydrogen (secondary N) is 1. The summed E-state index contributed by atoms with van der Waals surface area (Å²) >= 11 is 0. The lowest BCUT2D eigenvalue weighted by Crippen LogP contribution is -2.47. The minimum absolute atomic E-state index is 0.109.